The van der Waals surface area contributed by atoms with Crippen molar-refractivity contribution in [3.8, 4) is 0 Å². The Labute approximate surface area is 145 Å². The van der Waals surface area contributed by atoms with Gasteiger partial charge in [0, 0.05) is 18.4 Å². The lowest BCUT2D eigenvalue weighted by Crippen LogP contribution is -2.41. The lowest BCUT2D eigenvalue weighted by atomic mass is 10.1. The first kappa shape index (κ1) is 16.7. The number of para-hydroxylation sites is 2. The molecule has 0 bridgehead atoms. The summed E-state index contributed by atoms with van der Waals surface area (Å²) in [5.74, 6) is 0.150. The molecule has 3 N–H and O–H groups in total. The molecule has 6 nitrogen and oxygen atoms in total. The zero-order valence-electron chi connectivity index (χ0n) is 14.0. The number of hydrogen-bond acceptors (Lipinski definition) is 3. The fourth-order valence-corrected chi connectivity index (χ4v) is 2.51. The molecule has 0 aliphatic rings. The van der Waals surface area contributed by atoms with E-state index in [4.69, 9.17) is 0 Å². The van der Waals surface area contributed by atoms with Crippen LogP contribution in [0.4, 0.5) is 0 Å². The van der Waals surface area contributed by atoms with Crippen molar-refractivity contribution in [2.45, 2.75) is 26.2 Å². The van der Waals surface area contributed by atoms with Gasteiger partial charge in [0.1, 0.15) is 5.82 Å². The van der Waals surface area contributed by atoms with Crippen LogP contribution in [0.1, 0.15) is 35.1 Å². The van der Waals surface area contributed by atoms with Crippen LogP contribution in [0.15, 0.2) is 48.5 Å². The van der Waals surface area contributed by atoms with Gasteiger partial charge in [-0.05, 0) is 36.2 Å². The number of nitrogens with zero attached hydrogens (tertiary/aromatic N) is 1. The standard InChI is InChI=1S/C19H20N4O2/c1-2-13-7-9-14(10-8-13)19(25)23-22-18(24)12-11-17-20-15-5-3-4-6-16(15)21-17/h3-10H,2,11-12H2,1H3,(H,20,21)(H,22,24)(H,23,25). The number of nitrogens with one attached hydrogen (secondary N) is 3. The maximum Gasteiger partial charge on any atom is 0.269 e. The minimum absolute atomic E-state index is 0.231. The Morgan fingerprint density at radius 2 is 1.80 bits per heavy atom. The van der Waals surface area contributed by atoms with E-state index in [0.29, 0.717) is 12.0 Å². The number of aromatic amines is 1. The molecule has 1 heterocycles. The molecule has 0 saturated carbocycles. The molecule has 0 radical (unpaired) electrons. The maximum atomic E-state index is 12.0. The Bertz CT molecular complexity index is 851. The third kappa shape index (κ3) is 4.23. The van der Waals surface area contributed by atoms with E-state index in [1.807, 2.05) is 36.4 Å². The van der Waals surface area contributed by atoms with Gasteiger partial charge in [-0.3, -0.25) is 20.4 Å². The maximum absolute atomic E-state index is 12.0. The first-order valence-corrected chi connectivity index (χ1v) is 8.27. The van der Waals surface area contributed by atoms with Crippen LogP contribution in [0.25, 0.3) is 11.0 Å². The molecule has 128 valence electrons. The zero-order valence-corrected chi connectivity index (χ0v) is 14.0. The Morgan fingerprint density at radius 1 is 1.04 bits per heavy atom. The number of aromatic nitrogens is 2. The van der Waals surface area contributed by atoms with Crippen LogP contribution in [0.5, 0.6) is 0 Å². The second-order valence-electron chi connectivity index (χ2n) is 5.75. The van der Waals surface area contributed by atoms with Gasteiger partial charge < -0.3 is 4.98 Å². The molecule has 0 saturated heterocycles. The number of hydrogen-bond donors (Lipinski definition) is 3. The number of fused-ring (bicyclic) bond motifs is 1. The molecule has 3 aromatic rings. The van der Waals surface area contributed by atoms with Crippen molar-refractivity contribution in [3.05, 3.63) is 65.5 Å². The smallest absolute Gasteiger partial charge is 0.269 e. The van der Waals surface area contributed by atoms with Crippen LogP contribution in [0.3, 0.4) is 0 Å². The van der Waals surface area contributed by atoms with Crippen LogP contribution in [-0.2, 0) is 17.6 Å². The number of amides is 2. The Morgan fingerprint density at radius 3 is 2.52 bits per heavy atom. The second kappa shape index (κ2) is 7.61. The number of carbonyl (C=O) groups excluding carboxylic acids is 2. The molecule has 1 aromatic heterocycles. The van der Waals surface area contributed by atoms with Crippen LogP contribution in [0.2, 0.25) is 0 Å². The van der Waals surface area contributed by atoms with E-state index in [1.165, 1.54) is 0 Å². The second-order valence-corrected chi connectivity index (χ2v) is 5.75. The molecule has 0 fully saturated rings. The first-order chi connectivity index (χ1) is 12.2. The molecule has 0 atom stereocenters. The molecular weight excluding hydrogens is 316 g/mol. The van der Waals surface area contributed by atoms with Gasteiger partial charge in [-0.1, -0.05) is 31.2 Å². The number of aryl methyl sites for hydroxylation is 2. The van der Waals surface area contributed by atoms with Gasteiger partial charge in [0.05, 0.1) is 11.0 Å². The van der Waals surface area contributed by atoms with E-state index in [1.54, 1.807) is 12.1 Å². The summed E-state index contributed by atoms with van der Waals surface area (Å²) in [5.41, 5.74) is 8.35. The van der Waals surface area contributed by atoms with Crippen LogP contribution in [0, 0.1) is 0 Å². The van der Waals surface area contributed by atoms with E-state index >= 15 is 0 Å². The van der Waals surface area contributed by atoms with Gasteiger partial charge in [-0.25, -0.2) is 4.98 Å². The van der Waals surface area contributed by atoms with Gasteiger partial charge in [0.2, 0.25) is 5.91 Å². The van der Waals surface area contributed by atoms with Gasteiger partial charge in [-0.2, -0.15) is 0 Å². The lowest BCUT2D eigenvalue weighted by Gasteiger charge is -2.07. The monoisotopic (exact) mass is 336 g/mol. The lowest BCUT2D eigenvalue weighted by molar-refractivity contribution is -0.121. The highest BCUT2D eigenvalue weighted by molar-refractivity contribution is 5.95. The van der Waals surface area contributed by atoms with Crippen molar-refractivity contribution in [1.82, 2.24) is 20.8 Å². The topological polar surface area (TPSA) is 86.9 Å². The third-order valence-corrected chi connectivity index (χ3v) is 3.97. The van der Waals surface area contributed by atoms with Crippen molar-refractivity contribution in [2.75, 3.05) is 0 Å². The molecule has 3 rings (SSSR count). The van der Waals surface area contributed by atoms with Gasteiger partial charge in [0.15, 0.2) is 0 Å². The van der Waals surface area contributed by atoms with E-state index in [2.05, 4.69) is 27.7 Å². The number of hydrazine groups is 1. The highest BCUT2D eigenvalue weighted by Gasteiger charge is 2.09. The molecular formula is C19H20N4O2. The Balaban J connectivity index is 1.47. The SMILES string of the molecule is CCc1ccc(C(=O)NNC(=O)CCc2nc3ccccc3[nH]2)cc1. The molecule has 25 heavy (non-hydrogen) atoms. The summed E-state index contributed by atoms with van der Waals surface area (Å²) < 4.78 is 0. The Kier molecular flexibility index (Phi) is 5.09. The third-order valence-electron chi connectivity index (χ3n) is 3.97. The summed E-state index contributed by atoms with van der Waals surface area (Å²) >= 11 is 0. The highest BCUT2D eigenvalue weighted by Crippen LogP contribution is 2.11. The summed E-state index contributed by atoms with van der Waals surface area (Å²) in [5, 5.41) is 0. The number of rotatable bonds is 5. The molecule has 0 aliphatic heterocycles. The van der Waals surface area contributed by atoms with Crippen LogP contribution >= 0.6 is 0 Å². The van der Waals surface area contributed by atoms with Gasteiger partial charge in [0.25, 0.3) is 5.91 Å². The highest BCUT2D eigenvalue weighted by atomic mass is 16.2. The minimum atomic E-state index is -0.334. The molecule has 0 unspecified atom stereocenters. The Hall–Kier alpha value is -3.15. The number of H-pyrrole nitrogens is 1. The van der Waals surface area contributed by atoms with E-state index in [0.717, 1.165) is 28.8 Å². The fourth-order valence-electron chi connectivity index (χ4n) is 2.51. The molecule has 2 aromatic carbocycles. The summed E-state index contributed by atoms with van der Waals surface area (Å²) in [7, 11) is 0. The quantitative estimate of drug-likeness (QED) is 0.626. The van der Waals surface area contributed by atoms with E-state index in [-0.39, 0.29) is 18.2 Å². The zero-order chi connectivity index (χ0) is 17.6. The first-order valence-electron chi connectivity index (χ1n) is 8.27. The summed E-state index contributed by atoms with van der Waals surface area (Å²) in [4.78, 5) is 31.5. The van der Waals surface area contributed by atoms with E-state index < -0.39 is 0 Å². The number of benzene rings is 2. The summed E-state index contributed by atoms with van der Waals surface area (Å²) in [6, 6.07) is 15.0. The fraction of sp³-hybridized carbons (Fsp3) is 0.211. The molecule has 2 amide bonds. The minimum Gasteiger partial charge on any atom is -0.342 e. The predicted molar refractivity (Wildman–Crippen MR) is 95.8 cm³/mol. The molecule has 6 heteroatoms. The van der Waals surface area contributed by atoms with Crippen molar-refractivity contribution >= 4 is 22.8 Å². The summed E-state index contributed by atoms with van der Waals surface area (Å²) in [6.07, 6.45) is 1.62. The van der Waals surface area contributed by atoms with E-state index in [9.17, 15) is 9.59 Å². The average Bonchev–Trinajstić information content (AvgIpc) is 3.07. The van der Waals surface area contributed by atoms with Gasteiger partial charge in [-0.15, -0.1) is 0 Å². The van der Waals surface area contributed by atoms with Gasteiger partial charge >= 0.3 is 0 Å². The van der Waals surface area contributed by atoms with Crippen molar-refractivity contribution in [3.63, 3.8) is 0 Å². The predicted octanol–water partition coefficient (Wildman–Crippen LogP) is 2.52. The summed E-state index contributed by atoms with van der Waals surface area (Å²) in [6.45, 7) is 2.05. The van der Waals surface area contributed by atoms with Crippen LogP contribution < -0.4 is 10.9 Å². The van der Waals surface area contributed by atoms with Crippen molar-refractivity contribution in [2.24, 2.45) is 0 Å². The average molecular weight is 336 g/mol. The van der Waals surface area contributed by atoms with Crippen molar-refractivity contribution in [1.29, 1.82) is 0 Å². The number of imidazole rings is 1. The van der Waals surface area contributed by atoms with Crippen molar-refractivity contribution < 1.29 is 9.59 Å². The van der Waals surface area contributed by atoms with Crippen LogP contribution in [-0.4, -0.2) is 21.8 Å². The normalized spacial score (nSPS) is 10.6. The molecule has 0 spiro atoms. The number of carbonyl (C=O) groups is 2. The molecule has 0 aliphatic carbocycles. The largest absolute Gasteiger partial charge is 0.342 e.